The average molecular weight is 836 g/mol. The van der Waals surface area contributed by atoms with Crippen molar-refractivity contribution in [2.24, 2.45) is 5.73 Å². The van der Waals surface area contributed by atoms with E-state index in [-0.39, 0.29) is 32.6 Å². The molecule has 0 aromatic heterocycles. The molecule has 3 N–H and O–H groups in total. The maximum atomic E-state index is 12.6. The molecule has 1 saturated heterocycles. The van der Waals surface area contributed by atoms with Gasteiger partial charge < -0.3 is 24.8 Å². The van der Waals surface area contributed by atoms with Crippen LogP contribution in [0.2, 0.25) is 0 Å². The van der Waals surface area contributed by atoms with Crippen molar-refractivity contribution in [1.82, 2.24) is 0 Å². The molecule has 10 nitrogen and oxygen atoms in total. The zero-order valence-electron chi connectivity index (χ0n) is 36.5. The van der Waals surface area contributed by atoms with Crippen LogP contribution in [-0.2, 0) is 37.4 Å². The Morgan fingerprint density at radius 1 is 0.621 bits per heavy atom. The van der Waals surface area contributed by atoms with Crippen LogP contribution in [0, 0.1) is 0 Å². The molecule has 0 radical (unpaired) electrons. The second-order valence-electron chi connectivity index (χ2n) is 15.3. The molecule has 0 aromatic rings. The van der Waals surface area contributed by atoms with Gasteiger partial charge in [-0.25, -0.2) is 4.57 Å². The quantitative estimate of drug-likeness (QED) is 0.0200. The fourth-order valence-electron chi connectivity index (χ4n) is 6.35. The van der Waals surface area contributed by atoms with Crippen molar-refractivity contribution in [2.75, 3.05) is 26.4 Å². The first-order valence-corrected chi connectivity index (χ1v) is 24.4. The van der Waals surface area contributed by atoms with E-state index in [9.17, 15) is 19.0 Å². The highest BCUT2D eigenvalue weighted by atomic mass is 31.2. The molecule has 0 spiro atoms. The van der Waals surface area contributed by atoms with E-state index in [1.807, 2.05) is 12.2 Å². The Morgan fingerprint density at radius 3 is 1.62 bits per heavy atom. The normalized spacial score (nSPS) is 17.3. The van der Waals surface area contributed by atoms with Gasteiger partial charge in [0.1, 0.15) is 6.61 Å². The summed E-state index contributed by atoms with van der Waals surface area (Å²) in [5, 5.41) is 0. The van der Waals surface area contributed by atoms with Crippen molar-refractivity contribution in [3.63, 3.8) is 0 Å². The highest BCUT2D eigenvalue weighted by molar-refractivity contribution is 7.47. The summed E-state index contributed by atoms with van der Waals surface area (Å²) in [6.45, 7) is 3.53. The van der Waals surface area contributed by atoms with Gasteiger partial charge in [0, 0.05) is 19.4 Å². The SMILES string of the molecule is CC/C=C\CC1OC1C/C=C\C/C=C\C/C=C\C/C=C\CCC(=O)OC[C@H](COP(=O)(O)OCCN)OC(=O)CCCCCCCCCCCCCCCCCCC. The number of carbonyl (C=O) groups excluding carboxylic acids is 2. The van der Waals surface area contributed by atoms with E-state index in [2.05, 4.69) is 62.5 Å². The van der Waals surface area contributed by atoms with E-state index in [1.54, 1.807) is 0 Å². The number of phosphoric ester groups is 1. The Kier molecular flexibility index (Phi) is 36.0. The number of ether oxygens (including phenoxy) is 3. The summed E-state index contributed by atoms with van der Waals surface area (Å²) in [5.41, 5.74) is 5.35. The van der Waals surface area contributed by atoms with Gasteiger partial charge >= 0.3 is 19.8 Å². The minimum absolute atomic E-state index is 0.0408. The van der Waals surface area contributed by atoms with Crippen LogP contribution in [-0.4, -0.2) is 61.5 Å². The Balaban J connectivity index is 2.20. The van der Waals surface area contributed by atoms with Crippen LogP contribution in [0.3, 0.4) is 0 Å². The lowest BCUT2D eigenvalue weighted by Crippen LogP contribution is -2.29. The molecule has 1 heterocycles. The summed E-state index contributed by atoms with van der Waals surface area (Å²) < 4.78 is 38.4. The number of phosphoric acid groups is 1. The van der Waals surface area contributed by atoms with Crippen LogP contribution < -0.4 is 5.73 Å². The zero-order chi connectivity index (χ0) is 42.2. The summed E-state index contributed by atoms with van der Waals surface area (Å²) in [5.74, 6) is -0.929. The Morgan fingerprint density at radius 2 is 1.10 bits per heavy atom. The maximum absolute atomic E-state index is 12.6. The largest absolute Gasteiger partial charge is 0.472 e. The molecule has 1 fully saturated rings. The first-order chi connectivity index (χ1) is 28.3. The topological polar surface area (TPSA) is 147 Å². The predicted molar refractivity (Wildman–Crippen MR) is 237 cm³/mol. The molecule has 1 aliphatic rings. The monoisotopic (exact) mass is 836 g/mol. The first kappa shape index (κ1) is 53.7. The lowest BCUT2D eigenvalue weighted by atomic mass is 10.0. The Hall–Kier alpha value is -2.33. The summed E-state index contributed by atoms with van der Waals surface area (Å²) in [7, 11) is -4.40. The number of epoxide rings is 1. The van der Waals surface area contributed by atoms with Crippen LogP contribution in [0.4, 0.5) is 0 Å². The molecule has 334 valence electrons. The van der Waals surface area contributed by atoms with E-state index in [0.717, 1.165) is 57.8 Å². The number of hydrogen-bond acceptors (Lipinski definition) is 9. The molecular formula is C47H82NO9P. The van der Waals surface area contributed by atoms with E-state index in [1.165, 1.54) is 83.5 Å². The van der Waals surface area contributed by atoms with Crippen LogP contribution in [0.15, 0.2) is 60.8 Å². The van der Waals surface area contributed by atoms with Gasteiger partial charge in [0.25, 0.3) is 0 Å². The number of nitrogens with two attached hydrogens (primary N) is 1. The fourth-order valence-corrected chi connectivity index (χ4v) is 7.11. The third-order valence-corrected chi connectivity index (χ3v) is 10.8. The molecule has 0 aromatic carbocycles. The highest BCUT2D eigenvalue weighted by Crippen LogP contribution is 2.43. The van der Waals surface area contributed by atoms with Crippen molar-refractivity contribution in [3.05, 3.63) is 60.8 Å². The zero-order valence-corrected chi connectivity index (χ0v) is 37.4. The van der Waals surface area contributed by atoms with Crippen LogP contribution in [0.5, 0.6) is 0 Å². The standard InChI is InChI=1S/C47H82NO9P/c1-3-5-7-8-9-10-11-12-13-14-15-16-21-24-27-30-34-38-47(50)56-43(42-55-58(51,52)54-40-39-48)41-53-46(49)37-33-29-26-23-20-18-17-19-22-25-28-32-36-45-44(57-45)35-31-6-4-2/h6,18-20,22,26,28-29,31-32,43-45H,3-5,7-17,21,23-25,27,30,33-42,48H2,1-2H3,(H,51,52)/b20-18-,22-19-,29-26-,31-6-,32-28-/t43-,44?,45?/m1/s1. The molecule has 0 saturated carbocycles. The molecular weight excluding hydrogens is 753 g/mol. The third-order valence-electron chi connectivity index (χ3n) is 9.83. The van der Waals surface area contributed by atoms with Crippen molar-refractivity contribution in [2.45, 2.75) is 199 Å². The molecule has 4 atom stereocenters. The van der Waals surface area contributed by atoms with Gasteiger partial charge in [-0.15, -0.1) is 0 Å². The second-order valence-corrected chi connectivity index (χ2v) is 16.7. The van der Waals surface area contributed by atoms with Crippen LogP contribution >= 0.6 is 7.82 Å². The Labute approximate surface area is 353 Å². The minimum atomic E-state index is -4.40. The molecule has 0 amide bonds. The minimum Gasteiger partial charge on any atom is -0.462 e. The number of esters is 2. The highest BCUT2D eigenvalue weighted by Gasteiger charge is 2.36. The summed E-state index contributed by atoms with van der Waals surface area (Å²) in [6.07, 6.45) is 48.8. The van der Waals surface area contributed by atoms with Gasteiger partial charge in [-0.05, 0) is 51.4 Å². The molecule has 0 aliphatic carbocycles. The van der Waals surface area contributed by atoms with Crippen LogP contribution in [0.1, 0.15) is 181 Å². The molecule has 1 rings (SSSR count). The van der Waals surface area contributed by atoms with E-state index >= 15 is 0 Å². The number of unbranched alkanes of at least 4 members (excludes halogenated alkanes) is 16. The lowest BCUT2D eigenvalue weighted by Gasteiger charge is -2.19. The Bertz CT molecular complexity index is 1200. The fraction of sp³-hybridized carbons (Fsp3) is 0.745. The van der Waals surface area contributed by atoms with Gasteiger partial charge in [-0.1, -0.05) is 177 Å². The molecule has 11 heteroatoms. The first-order valence-electron chi connectivity index (χ1n) is 22.9. The number of allylic oxidation sites excluding steroid dienone is 8. The lowest BCUT2D eigenvalue weighted by molar-refractivity contribution is -0.161. The van der Waals surface area contributed by atoms with Crippen molar-refractivity contribution < 1.29 is 42.3 Å². The van der Waals surface area contributed by atoms with Crippen molar-refractivity contribution >= 4 is 19.8 Å². The van der Waals surface area contributed by atoms with Gasteiger partial charge in [-0.2, -0.15) is 0 Å². The molecule has 1 aliphatic heterocycles. The number of carbonyl (C=O) groups is 2. The summed E-state index contributed by atoms with van der Waals surface area (Å²) in [4.78, 5) is 34.9. The molecule has 58 heavy (non-hydrogen) atoms. The molecule has 0 bridgehead atoms. The maximum Gasteiger partial charge on any atom is 0.472 e. The van der Waals surface area contributed by atoms with E-state index in [0.29, 0.717) is 25.0 Å². The van der Waals surface area contributed by atoms with Gasteiger partial charge in [0.15, 0.2) is 6.10 Å². The molecule has 3 unspecified atom stereocenters. The summed E-state index contributed by atoms with van der Waals surface area (Å²) in [6, 6.07) is 0. The summed E-state index contributed by atoms with van der Waals surface area (Å²) >= 11 is 0. The van der Waals surface area contributed by atoms with Gasteiger partial charge in [0.2, 0.25) is 0 Å². The van der Waals surface area contributed by atoms with Crippen molar-refractivity contribution in [1.29, 1.82) is 0 Å². The van der Waals surface area contributed by atoms with Crippen LogP contribution in [0.25, 0.3) is 0 Å². The van der Waals surface area contributed by atoms with Gasteiger partial charge in [0.05, 0.1) is 25.4 Å². The van der Waals surface area contributed by atoms with E-state index < -0.39 is 32.5 Å². The number of hydrogen-bond donors (Lipinski definition) is 2. The van der Waals surface area contributed by atoms with Crippen molar-refractivity contribution in [3.8, 4) is 0 Å². The smallest absolute Gasteiger partial charge is 0.462 e. The van der Waals surface area contributed by atoms with Gasteiger partial charge in [-0.3, -0.25) is 18.6 Å². The average Bonchev–Trinajstić information content (AvgIpc) is 3.97. The van der Waals surface area contributed by atoms with E-state index in [4.69, 9.17) is 29.0 Å². The second kappa shape index (κ2) is 38.8. The third kappa shape index (κ3) is 35.6. The predicted octanol–water partition coefficient (Wildman–Crippen LogP) is 12.3. The number of rotatable bonds is 41.